The van der Waals surface area contributed by atoms with E-state index in [0.29, 0.717) is 0 Å². The van der Waals surface area contributed by atoms with Gasteiger partial charge in [-0.05, 0) is 25.7 Å². The van der Waals surface area contributed by atoms with E-state index >= 15 is 0 Å². The molecule has 8 heteroatoms. The maximum Gasteiger partial charge on any atom is 0.332 e. The highest BCUT2D eigenvalue weighted by molar-refractivity contribution is 5.75. The van der Waals surface area contributed by atoms with Crippen LogP contribution in [0.2, 0.25) is 0 Å². The molecule has 0 N–H and O–H groups in total. The van der Waals surface area contributed by atoms with Gasteiger partial charge in [0.15, 0.2) is 11.2 Å². The zero-order valence-corrected chi connectivity index (χ0v) is 13.3. The second kappa shape index (κ2) is 6.02. The molecule has 2 aromatic rings. The van der Waals surface area contributed by atoms with Gasteiger partial charge in [0, 0.05) is 14.1 Å². The summed E-state index contributed by atoms with van der Waals surface area (Å²) in [6.07, 6.45) is 6.50. The smallest absolute Gasteiger partial charge is 0.332 e. The molecule has 0 atom stereocenters. The van der Waals surface area contributed by atoms with E-state index in [1.165, 1.54) is 28.9 Å². The molecule has 124 valence electrons. The monoisotopic (exact) mass is 320 g/mol. The molecule has 0 saturated heterocycles. The molecule has 0 aromatic carbocycles. The van der Waals surface area contributed by atoms with Crippen molar-refractivity contribution in [2.75, 3.05) is 0 Å². The fourth-order valence-corrected chi connectivity index (χ4v) is 3.06. The van der Waals surface area contributed by atoms with Crippen LogP contribution in [0.15, 0.2) is 15.9 Å². The molecule has 1 fully saturated rings. The fourth-order valence-electron chi connectivity index (χ4n) is 3.06. The molecule has 8 nitrogen and oxygen atoms in total. The number of aryl methyl sites for hydroxylation is 1. The summed E-state index contributed by atoms with van der Waals surface area (Å²) in [7, 11) is 2.95. The van der Waals surface area contributed by atoms with Crippen LogP contribution in [0.1, 0.15) is 32.1 Å². The molecule has 0 aliphatic heterocycles. The molecule has 3 rings (SSSR count). The SMILES string of the molecule is Cn1c(=O)c2c(ncn2CC(=O)OC2CCCCC2)n(C)c1=O. The van der Waals surface area contributed by atoms with Crippen molar-refractivity contribution in [3.05, 3.63) is 27.2 Å². The van der Waals surface area contributed by atoms with Gasteiger partial charge in [-0.3, -0.25) is 18.7 Å². The van der Waals surface area contributed by atoms with Crippen molar-refractivity contribution in [1.82, 2.24) is 18.7 Å². The topological polar surface area (TPSA) is 88.1 Å². The summed E-state index contributed by atoms with van der Waals surface area (Å²) in [5.41, 5.74) is -0.414. The van der Waals surface area contributed by atoms with Crippen LogP contribution in [0.4, 0.5) is 0 Å². The maximum atomic E-state index is 12.3. The minimum atomic E-state index is -0.467. The Balaban J connectivity index is 1.87. The summed E-state index contributed by atoms with van der Waals surface area (Å²) in [5.74, 6) is -0.382. The number of rotatable bonds is 3. The van der Waals surface area contributed by atoms with E-state index in [-0.39, 0.29) is 29.8 Å². The molecule has 1 aliphatic carbocycles. The van der Waals surface area contributed by atoms with Gasteiger partial charge >= 0.3 is 11.7 Å². The third-order valence-electron chi connectivity index (χ3n) is 4.37. The summed E-state index contributed by atoms with van der Waals surface area (Å²) < 4.78 is 9.22. The third-order valence-corrected chi connectivity index (χ3v) is 4.37. The Morgan fingerprint density at radius 2 is 1.91 bits per heavy atom. The molecule has 2 heterocycles. The van der Waals surface area contributed by atoms with Gasteiger partial charge < -0.3 is 9.30 Å². The van der Waals surface area contributed by atoms with Crippen molar-refractivity contribution in [3.8, 4) is 0 Å². The Kier molecular flexibility index (Phi) is 4.06. The van der Waals surface area contributed by atoms with E-state index in [9.17, 15) is 14.4 Å². The van der Waals surface area contributed by atoms with Gasteiger partial charge in [0.2, 0.25) is 0 Å². The van der Waals surface area contributed by atoms with E-state index in [1.54, 1.807) is 7.05 Å². The highest BCUT2D eigenvalue weighted by atomic mass is 16.5. The minimum Gasteiger partial charge on any atom is -0.461 e. The van der Waals surface area contributed by atoms with E-state index in [1.807, 2.05) is 0 Å². The number of aromatic nitrogens is 4. The highest BCUT2D eigenvalue weighted by Gasteiger charge is 2.20. The standard InChI is InChI=1S/C15H20N4O4/c1-17-13-12(14(21)18(2)15(17)22)19(9-16-13)8-11(20)23-10-6-4-3-5-7-10/h9-10H,3-8H2,1-2H3. The lowest BCUT2D eigenvalue weighted by Gasteiger charge is -2.21. The Labute approximate surface area is 132 Å². The highest BCUT2D eigenvalue weighted by Crippen LogP contribution is 2.20. The number of imidazole rings is 1. The Morgan fingerprint density at radius 3 is 2.61 bits per heavy atom. The molecule has 0 radical (unpaired) electrons. The van der Waals surface area contributed by atoms with Crippen LogP contribution in [0.3, 0.4) is 0 Å². The molecule has 0 amide bonds. The summed E-state index contributed by atoms with van der Waals surface area (Å²) >= 11 is 0. The second-order valence-corrected chi connectivity index (χ2v) is 6.00. The first-order chi connectivity index (χ1) is 11.0. The van der Waals surface area contributed by atoms with Crippen LogP contribution >= 0.6 is 0 Å². The number of ether oxygens (including phenoxy) is 1. The molecule has 1 aliphatic rings. The zero-order chi connectivity index (χ0) is 16.6. The number of carbonyl (C=O) groups excluding carboxylic acids is 1. The quantitative estimate of drug-likeness (QED) is 0.760. The summed E-state index contributed by atoms with van der Waals surface area (Å²) in [5, 5.41) is 0. The molecule has 0 spiro atoms. The van der Waals surface area contributed by atoms with Gasteiger partial charge in [0.1, 0.15) is 12.6 Å². The zero-order valence-electron chi connectivity index (χ0n) is 13.3. The molecule has 0 unspecified atom stereocenters. The number of hydrogen-bond acceptors (Lipinski definition) is 5. The van der Waals surface area contributed by atoms with Crippen LogP contribution in [0.5, 0.6) is 0 Å². The van der Waals surface area contributed by atoms with Crippen molar-refractivity contribution >= 4 is 17.1 Å². The Morgan fingerprint density at radius 1 is 1.22 bits per heavy atom. The second-order valence-electron chi connectivity index (χ2n) is 6.00. The van der Waals surface area contributed by atoms with Gasteiger partial charge in [-0.1, -0.05) is 6.42 Å². The molecular weight excluding hydrogens is 300 g/mol. The molecule has 1 saturated carbocycles. The minimum absolute atomic E-state index is 0.0294. The Hall–Kier alpha value is -2.38. The van der Waals surface area contributed by atoms with E-state index in [2.05, 4.69) is 4.98 Å². The van der Waals surface area contributed by atoms with Crippen LogP contribution in [-0.4, -0.2) is 30.8 Å². The van der Waals surface area contributed by atoms with Gasteiger partial charge in [-0.25, -0.2) is 9.78 Å². The van der Waals surface area contributed by atoms with Crippen molar-refractivity contribution in [1.29, 1.82) is 0 Å². The number of carbonyl (C=O) groups is 1. The lowest BCUT2D eigenvalue weighted by atomic mass is 9.98. The third kappa shape index (κ3) is 2.80. The molecule has 2 aromatic heterocycles. The first kappa shape index (κ1) is 15.5. The Bertz CT molecular complexity index is 855. The lowest BCUT2D eigenvalue weighted by molar-refractivity contribution is -0.151. The largest absolute Gasteiger partial charge is 0.461 e. The average molecular weight is 320 g/mol. The van der Waals surface area contributed by atoms with Gasteiger partial charge in [-0.15, -0.1) is 0 Å². The number of hydrogen-bond donors (Lipinski definition) is 0. The van der Waals surface area contributed by atoms with Gasteiger partial charge in [-0.2, -0.15) is 0 Å². The number of fused-ring (bicyclic) bond motifs is 1. The van der Waals surface area contributed by atoms with E-state index in [0.717, 1.165) is 30.3 Å². The normalized spacial score (nSPS) is 15.9. The van der Waals surface area contributed by atoms with Crippen molar-refractivity contribution in [2.24, 2.45) is 14.1 Å². The summed E-state index contributed by atoms with van der Waals surface area (Å²) in [6.45, 7) is -0.0829. The maximum absolute atomic E-state index is 12.3. The van der Waals surface area contributed by atoms with Crippen LogP contribution < -0.4 is 11.2 Å². The van der Waals surface area contributed by atoms with Crippen LogP contribution in [0, 0.1) is 0 Å². The van der Waals surface area contributed by atoms with Crippen molar-refractivity contribution < 1.29 is 9.53 Å². The average Bonchev–Trinajstić information content (AvgIpc) is 2.95. The van der Waals surface area contributed by atoms with Crippen LogP contribution in [0.25, 0.3) is 11.2 Å². The van der Waals surface area contributed by atoms with Crippen molar-refractivity contribution in [2.45, 2.75) is 44.8 Å². The molecular formula is C15H20N4O4. The first-order valence-corrected chi connectivity index (χ1v) is 7.79. The lowest BCUT2D eigenvalue weighted by Crippen LogP contribution is -2.37. The number of nitrogens with zero attached hydrogens (tertiary/aromatic N) is 4. The van der Waals surface area contributed by atoms with Gasteiger partial charge in [0.25, 0.3) is 5.56 Å². The molecule has 0 bridgehead atoms. The van der Waals surface area contributed by atoms with Crippen LogP contribution in [-0.2, 0) is 30.2 Å². The first-order valence-electron chi connectivity index (χ1n) is 7.79. The summed E-state index contributed by atoms with van der Waals surface area (Å²) in [6, 6.07) is 0. The molecule has 23 heavy (non-hydrogen) atoms. The predicted octanol–water partition coefficient (Wildman–Crippen LogP) is 0.310. The summed E-state index contributed by atoms with van der Waals surface area (Å²) in [4.78, 5) is 40.4. The van der Waals surface area contributed by atoms with Crippen molar-refractivity contribution in [3.63, 3.8) is 0 Å². The van der Waals surface area contributed by atoms with E-state index < -0.39 is 11.2 Å². The number of esters is 1. The fraction of sp³-hybridized carbons (Fsp3) is 0.600. The van der Waals surface area contributed by atoms with E-state index in [4.69, 9.17) is 4.74 Å². The van der Waals surface area contributed by atoms with Gasteiger partial charge in [0.05, 0.1) is 6.33 Å². The predicted molar refractivity (Wildman–Crippen MR) is 83.2 cm³/mol.